The van der Waals surface area contributed by atoms with E-state index in [9.17, 15) is 4.79 Å². The van der Waals surface area contributed by atoms with Gasteiger partial charge in [-0.1, -0.05) is 23.8 Å². The van der Waals surface area contributed by atoms with Crippen LogP contribution < -0.4 is 14.8 Å². The highest BCUT2D eigenvalue weighted by atomic mass is 16.5. The second-order valence-electron chi connectivity index (χ2n) is 6.48. The first-order chi connectivity index (χ1) is 14.1. The van der Waals surface area contributed by atoms with Crippen LogP contribution in [0, 0.1) is 6.92 Å². The van der Waals surface area contributed by atoms with Gasteiger partial charge in [0.25, 0.3) is 5.91 Å². The largest absolute Gasteiger partial charge is 0.496 e. The average molecular weight is 385 g/mol. The van der Waals surface area contributed by atoms with E-state index in [1.807, 2.05) is 31.2 Å². The molecule has 0 atom stereocenters. The number of rotatable bonds is 5. The molecule has 6 heteroatoms. The van der Waals surface area contributed by atoms with Crippen molar-refractivity contribution in [3.8, 4) is 17.4 Å². The molecule has 6 nitrogen and oxygen atoms in total. The van der Waals surface area contributed by atoms with Gasteiger partial charge >= 0.3 is 0 Å². The fraction of sp³-hybridized carbons (Fsp3) is 0.0870. The molecule has 0 spiro atoms. The molecule has 144 valence electrons. The normalized spacial score (nSPS) is 10.6. The highest BCUT2D eigenvalue weighted by molar-refractivity contribution is 6.06. The first-order valence-electron chi connectivity index (χ1n) is 9.08. The molecular weight excluding hydrogens is 366 g/mol. The van der Waals surface area contributed by atoms with E-state index < -0.39 is 0 Å². The number of carbonyl (C=O) groups excluding carboxylic acids is 1. The summed E-state index contributed by atoms with van der Waals surface area (Å²) in [5.74, 6) is 1.38. The van der Waals surface area contributed by atoms with Gasteiger partial charge in [-0.25, -0.2) is 9.97 Å². The Hall–Kier alpha value is -3.93. The van der Waals surface area contributed by atoms with Crippen LogP contribution in [0.3, 0.4) is 0 Å². The molecule has 0 unspecified atom stereocenters. The summed E-state index contributed by atoms with van der Waals surface area (Å²) < 4.78 is 11.2. The molecule has 0 bridgehead atoms. The summed E-state index contributed by atoms with van der Waals surface area (Å²) in [7, 11) is 1.54. The molecule has 0 aliphatic carbocycles. The predicted octanol–water partition coefficient (Wildman–Crippen LogP) is 4.99. The molecule has 4 rings (SSSR count). The number of methoxy groups -OCH3 is 1. The zero-order chi connectivity index (χ0) is 20.2. The van der Waals surface area contributed by atoms with Gasteiger partial charge < -0.3 is 14.8 Å². The van der Waals surface area contributed by atoms with Crippen molar-refractivity contribution in [2.24, 2.45) is 0 Å². The van der Waals surface area contributed by atoms with E-state index in [2.05, 4.69) is 15.3 Å². The molecule has 1 aromatic heterocycles. The number of para-hydroxylation sites is 1. The Bertz CT molecular complexity index is 1170. The number of hydrogen-bond donors (Lipinski definition) is 1. The topological polar surface area (TPSA) is 73.3 Å². The maximum atomic E-state index is 12.5. The Morgan fingerprint density at radius 1 is 0.966 bits per heavy atom. The Kier molecular flexibility index (Phi) is 5.07. The quantitative estimate of drug-likeness (QED) is 0.524. The number of fused-ring (bicyclic) bond motifs is 1. The van der Waals surface area contributed by atoms with Crippen molar-refractivity contribution < 1.29 is 14.3 Å². The van der Waals surface area contributed by atoms with Crippen LogP contribution in [0.5, 0.6) is 17.4 Å². The molecule has 1 N–H and O–H groups in total. The SMILES string of the molecule is COc1ccccc1C(=O)Nc1ccc(Oc2ncnc3ccc(C)cc23)cc1. The number of amides is 1. The van der Waals surface area contributed by atoms with E-state index in [1.54, 1.807) is 42.5 Å². The smallest absolute Gasteiger partial charge is 0.259 e. The highest BCUT2D eigenvalue weighted by Crippen LogP contribution is 2.28. The molecule has 0 fully saturated rings. The summed E-state index contributed by atoms with van der Waals surface area (Å²) in [6, 6.07) is 20.1. The van der Waals surface area contributed by atoms with Gasteiger partial charge in [0.05, 0.1) is 23.6 Å². The van der Waals surface area contributed by atoms with Crippen LogP contribution in [-0.2, 0) is 0 Å². The number of aromatic nitrogens is 2. The van der Waals surface area contributed by atoms with E-state index in [0.717, 1.165) is 16.5 Å². The fourth-order valence-electron chi connectivity index (χ4n) is 2.98. The lowest BCUT2D eigenvalue weighted by atomic mass is 10.1. The van der Waals surface area contributed by atoms with Gasteiger partial charge in [-0.3, -0.25) is 4.79 Å². The van der Waals surface area contributed by atoms with Gasteiger partial charge in [0, 0.05) is 5.69 Å². The molecule has 4 aromatic rings. The maximum Gasteiger partial charge on any atom is 0.259 e. The summed E-state index contributed by atoms with van der Waals surface area (Å²) in [5, 5.41) is 3.71. The van der Waals surface area contributed by atoms with Crippen LogP contribution in [0.25, 0.3) is 10.9 Å². The third-order valence-electron chi connectivity index (χ3n) is 4.43. The Morgan fingerprint density at radius 3 is 2.55 bits per heavy atom. The minimum absolute atomic E-state index is 0.242. The van der Waals surface area contributed by atoms with Crippen molar-refractivity contribution in [2.45, 2.75) is 6.92 Å². The summed E-state index contributed by atoms with van der Waals surface area (Å²) in [6.07, 6.45) is 1.48. The predicted molar refractivity (Wildman–Crippen MR) is 112 cm³/mol. The molecule has 1 amide bonds. The molecule has 29 heavy (non-hydrogen) atoms. The van der Waals surface area contributed by atoms with Crippen molar-refractivity contribution in [1.29, 1.82) is 0 Å². The van der Waals surface area contributed by atoms with E-state index in [-0.39, 0.29) is 5.91 Å². The lowest BCUT2D eigenvalue weighted by Gasteiger charge is -2.10. The van der Waals surface area contributed by atoms with E-state index in [0.29, 0.717) is 28.6 Å². The van der Waals surface area contributed by atoms with Crippen LogP contribution in [0.15, 0.2) is 73.1 Å². The van der Waals surface area contributed by atoms with Gasteiger partial charge in [0.15, 0.2) is 0 Å². The zero-order valence-electron chi connectivity index (χ0n) is 16.0. The highest BCUT2D eigenvalue weighted by Gasteiger charge is 2.12. The van der Waals surface area contributed by atoms with Gasteiger partial charge in [-0.15, -0.1) is 0 Å². The van der Waals surface area contributed by atoms with Gasteiger partial charge in [0.1, 0.15) is 17.8 Å². The number of hydrogen-bond acceptors (Lipinski definition) is 5. The summed E-state index contributed by atoms with van der Waals surface area (Å²) in [4.78, 5) is 21.0. The average Bonchev–Trinajstić information content (AvgIpc) is 2.75. The van der Waals surface area contributed by atoms with Crippen molar-refractivity contribution in [1.82, 2.24) is 9.97 Å². The molecular formula is C23H19N3O3. The standard InChI is InChI=1S/C23H19N3O3/c1-15-7-12-20-19(13-15)23(25-14-24-20)29-17-10-8-16(9-11-17)26-22(27)18-5-3-4-6-21(18)28-2/h3-14H,1-2H3,(H,26,27). The number of nitrogens with one attached hydrogen (secondary N) is 1. The van der Waals surface area contributed by atoms with E-state index in [1.165, 1.54) is 13.4 Å². The maximum absolute atomic E-state index is 12.5. The Labute approximate surface area is 168 Å². The second kappa shape index (κ2) is 7.98. The second-order valence-corrected chi connectivity index (χ2v) is 6.48. The van der Waals surface area contributed by atoms with Gasteiger partial charge in [0.2, 0.25) is 5.88 Å². The number of ether oxygens (including phenoxy) is 2. The molecule has 0 radical (unpaired) electrons. The molecule has 3 aromatic carbocycles. The number of aryl methyl sites for hydroxylation is 1. The van der Waals surface area contributed by atoms with Crippen molar-refractivity contribution >= 4 is 22.5 Å². The molecule has 0 aliphatic heterocycles. The van der Waals surface area contributed by atoms with Crippen molar-refractivity contribution in [3.05, 3.63) is 84.2 Å². The van der Waals surface area contributed by atoms with Gasteiger partial charge in [-0.05, 0) is 55.5 Å². The minimum atomic E-state index is -0.242. The first-order valence-corrected chi connectivity index (χ1v) is 9.08. The number of anilines is 1. The summed E-state index contributed by atoms with van der Waals surface area (Å²) in [5.41, 5.74) is 3.04. The Morgan fingerprint density at radius 2 is 1.76 bits per heavy atom. The van der Waals surface area contributed by atoms with E-state index in [4.69, 9.17) is 9.47 Å². The summed E-state index contributed by atoms with van der Waals surface area (Å²) in [6.45, 7) is 2.01. The minimum Gasteiger partial charge on any atom is -0.496 e. The third-order valence-corrected chi connectivity index (χ3v) is 4.43. The van der Waals surface area contributed by atoms with Crippen LogP contribution in [0.1, 0.15) is 15.9 Å². The van der Waals surface area contributed by atoms with Crippen LogP contribution in [0.4, 0.5) is 5.69 Å². The first kappa shape index (κ1) is 18.4. The molecule has 0 saturated heterocycles. The Balaban J connectivity index is 1.52. The van der Waals surface area contributed by atoms with Crippen LogP contribution >= 0.6 is 0 Å². The lowest BCUT2D eigenvalue weighted by molar-refractivity contribution is 0.102. The third kappa shape index (κ3) is 4.01. The van der Waals surface area contributed by atoms with Crippen molar-refractivity contribution in [2.75, 3.05) is 12.4 Å². The molecule has 0 saturated carbocycles. The fourth-order valence-corrected chi connectivity index (χ4v) is 2.98. The lowest BCUT2D eigenvalue weighted by Crippen LogP contribution is -2.12. The zero-order valence-corrected chi connectivity index (χ0v) is 16.0. The van der Waals surface area contributed by atoms with E-state index >= 15 is 0 Å². The number of carbonyl (C=O) groups is 1. The number of nitrogens with zero attached hydrogens (tertiary/aromatic N) is 2. The monoisotopic (exact) mass is 385 g/mol. The summed E-state index contributed by atoms with van der Waals surface area (Å²) >= 11 is 0. The van der Waals surface area contributed by atoms with Crippen molar-refractivity contribution in [3.63, 3.8) is 0 Å². The molecule has 1 heterocycles. The molecule has 0 aliphatic rings. The van der Waals surface area contributed by atoms with Crippen LogP contribution in [-0.4, -0.2) is 23.0 Å². The van der Waals surface area contributed by atoms with Crippen LogP contribution in [0.2, 0.25) is 0 Å². The number of benzene rings is 3. The van der Waals surface area contributed by atoms with Gasteiger partial charge in [-0.2, -0.15) is 0 Å².